The number of rotatable bonds is 11. The van der Waals surface area contributed by atoms with Crippen molar-refractivity contribution in [2.75, 3.05) is 7.11 Å². The summed E-state index contributed by atoms with van der Waals surface area (Å²) in [6.07, 6.45) is 0. The van der Waals surface area contributed by atoms with Gasteiger partial charge in [-0.05, 0) is 55.5 Å². The fourth-order valence-corrected chi connectivity index (χ4v) is 3.35. The predicted molar refractivity (Wildman–Crippen MR) is 137 cm³/mol. The summed E-state index contributed by atoms with van der Waals surface area (Å²) in [5.41, 5.74) is 3.51. The zero-order chi connectivity index (χ0) is 27.8. The summed E-state index contributed by atoms with van der Waals surface area (Å²) in [7, 11) is 1.27. The van der Waals surface area contributed by atoms with Crippen LogP contribution in [-0.4, -0.2) is 29.6 Å². The van der Waals surface area contributed by atoms with Gasteiger partial charge in [-0.25, -0.2) is 10.2 Å². The molecule has 39 heavy (non-hydrogen) atoms. The Labute approximate surface area is 221 Å². The highest BCUT2D eigenvalue weighted by Gasteiger charge is 2.15. The van der Waals surface area contributed by atoms with Crippen molar-refractivity contribution in [3.05, 3.63) is 112 Å². The van der Waals surface area contributed by atoms with Gasteiger partial charge in [-0.3, -0.25) is 14.9 Å². The largest absolute Gasteiger partial charge is 0.486 e. The molecule has 12 nitrogen and oxygen atoms in total. The average Bonchev–Trinajstić information content (AvgIpc) is 3.64. The molecule has 2 aromatic heterocycles. The number of benzene rings is 2. The molecule has 2 heterocycles. The van der Waals surface area contributed by atoms with Crippen molar-refractivity contribution in [1.82, 2.24) is 5.43 Å². The van der Waals surface area contributed by atoms with E-state index in [1.165, 1.54) is 43.5 Å². The van der Waals surface area contributed by atoms with Crippen LogP contribution < -0.4 is 14.9 Å². The molecule has 0 aliphatic rings. The summed E-state index contributed by atoms with van der Waals surface area (Å²) in [5.74, 6) is 0.668. The SMILES string of the molecule is COC(=O)c1ccc(COc2ccccc2/C(C)=N/NC(=O)c2ccc(COc3ccc([N+](=O)[O-])cc3)o2)o1. The zero-order valence-electron chi connectivity index (χ0n) is 20.9. The first-order valence-electron chi connectivity index (χ1n) is 11.5. The van der Waals surface area contributed by atoms with Crippen LogP contribution in [0.2, 0.25) is 0 Å². The van der Waals surface area contributed by atoms with Crippen LogP contribution in [0.5, 0.6) is 11.5 Å². The number of nitro groups is 1. The molecule has 0 atom stereocenters. The third kappa shape index (κ3) is 6.89. The van der Waals surface area contributed by atoms with Gasteiger partial charge in [0.1, 0.15) is 36.2 Å². The van der Waals surface area contributed by atoms with E-state index in [2.05, 4.69) is 15.3 Å². The van der Waals surface area contributed by atoms with Crippen LogP contribution in [0.25, 0.3) is 0 Å². The fraction of sp³-hybridized carbons (Fsp3) is 0.148. The first-order valence-corrected chi connectivity index (χ1v) is 11.5. The molecule has 0 saturated carbocycles. The minimum Gasteiger partial charge on any atom is -0.486 e. The number of para-hydroxylation sites is 1. The predicted octanol–water partition coefficient (Wildman–Crippen LogP) is 4.88. The second-order valence-corrected chi connectivity index (χ2v) is 7.99. The monoisotopic (exact) mass is 533 g/mol. The Hall–Kier alpha value is -5.39. The van der Waals surface area contributed by atoms with Gasteiger partial charge in [-0.2, -0.15) is 5.10 Å². The lowest BCUT2D eigenvalue weighted by atomic mass is 10.1. The minimum absolute atomic E-state index is 0.0227. The van der Waals surface area contributed by atoms with E-state index in [-0.39, 0.29) is 30.4 Å². The molecule has 0 bridgehead atoms. The van der Waals surface area contributed by atoms with Crippen molar-refractivity contribution >= 4 is 23.3 Å². The van der Waals surface area contributed by atoms with E-state index in [0.29, 0.717) is 34.3 Å². The molecule has 0 radical (unpaired) electrons. The number of non-ortho nitro benzene ring substituents is 1. The third-order valence-electron chi connectivity index (χ3n) is 5.33. The van der Waals surface area contributed by atoms with Crippen LogP contribution in [0.4, 0.5) is 5.69 Å². The van der Waals surface area contributed by atoms with Crippen LogP contribution in [0.15, 0.2) is 86.7 Å². The van der Waals surface area contributed by atoms with Crippen molar-refractivity contribution in [2.24, 2.45) is 5.10 Å². The van der Waals surface area contributed by atoms with Crippen molar-refractivity contribution < 1.29 is 37.6 Å². The molecular formula is C27H23N3O9. The summed E-state index contributed by atoms with van der Waals surface area (Å²) in [4.78, 5) is 34.3. The first kappa shape index (κ1) is 26.7. The number of carbonyl (C=O) groups is 2. The molecule has 1 N–H and O–H groups in total. The topological polar surface area (TPSA) is 156 Å². The Balaban J connectivity index is 1.33. The number of hydrogen-bond donors (Lipinski definition) is 1. The number of hydrazone groups is 1. The average molecular weight is 533 g/mol. The van der Waals surface area contributed by atoms with Crippen molar-refractivity contribution in [2.45, 2.75) is 20.1 Å². The van der Waals surface area contributed by atoms with Gasteiger partial charge in [0.05, 0.1) is 17.7 Å². The van der Waals surface area contributed by atoms with Gasteiger partial charge in [-0.15, -0.1) is 0 Å². The van der Waals surface area contributed by atoms with E-state index in [1.807, 2.05) is 0 Å². The van der Waals surface area contributed by atoms with Crippen LogP contribution >= 0.6 is 0 Å². The van der Waals surface area contributed by atoms with Gasteiger partial charge in [-0.1, -0.05) is 12.1 Å². The normalized spacial score (nSPS) is 11.1. The second-order valence-electron chi connectivity index (χ2n) is 7.99. The van der Waals surface area contributed by atoms with Crippen molar-refractivity contribution in [3.8, 4) is 11.5 Å². The van der Waals surface area contributed by atoms with Crippen molar-refractivity contribution in [1.29, 1.82) is 0 Å². The highest BCUT2D eigenvalue weighted by Crippen LogP contribution is 2.22. The maximum atomic E-state index is 12.5. The molecule has 0 spiro atoms. The van der Waals surface area contributed by atoms with Gasteiger partial charge in [0.2, 0.25) is 5.76 Å². The number of nitro benzene ring substituents is 1. The van der Waals surface area contributed by atoms with Gasteiger partial charge >= 0.3 is 11.9 Å². The van der Waals surface area contributed by atoms with E-state index in [4.69, 9.17) is 18.3 Å². The number of ether oxygens (including phenoxy) is 3. The van der Waals surface area contributed by atoms with Gasteiger partial charge in [0.15, 0.2) is 5.76 Å². The van der Waals surface area contributed by atoms with Gasteiger partial charge in [0.25, 0.3) is 5.69 Å². The summed E-state index contributed by atoms with van der Waals surface area (Å²) in [6, 6.07) is 18.9. The molecule has 0 unspecified atom stereocenters. The maximum absolute atomic E-state index is 12.5. The summed E-state index contributed by atoms with van der Waals surface area (Å²) in [5, 5.41) is 14.9. The van der Waals surface area contributed by atoms with E-state index < -0.39 is 16.8 Å². The number of amides is 1. The zero-order valence-corrected chi connectivity index (χ0v) is 20.9. The fourth-order valence-electron chi connectivity index (χ4n) is 3.35. The lowest BCUT2D eigenvalue weighted by molar-refractivity contribution is -0.384. The van der Waals surface area contributed by atoms with Crippen LogP contribution in [0.3, 0.4) is 0 Å². The molecule has 4 rings (SSSR count). The summed E-state index contributed by atoms with van der Waals surface area (Å²) < 4.78 is 26.9. The van der Waals surface area contributed by atoms with E-state index in [1.54, 1.807) is 43.3 Å². The quantitative estimate of drug-likeness (QED) is 0.123. The van der Waals surface area contributed by atoms with Crippen LogP contribution in [-0.2, 0) is 18.0 Å². The third-order valence-corrected chi connectivity index (χ3v) is 5.33. The van der Waals surface area contributed by atoms with Crippen LogP contribution in [0.1, 0.15) is 45.1 Å². The van der Waals surface area contributed by atoms with E-state index in [9.17, 15) is 19.7 Å². The molecule has 200 valence electrons. The number of esters is 1. The number of carbonyl (C=O) groups excluding carboxylic acids is 2. The highest BCUT2D eigenvalue weighted by atomic mass is 16.6. The van der Waals surface area contributed by atoms with E-state index in [0.717, 1.165) is 0 Å². The standard InChI is InChI=1S/C27H23N3O9/c1-17(22-5-3-4-6-23(22)37-16-21-12-14-25(39-21)27(32)35-2)28-29-26(31)24-13-11-20(38-24)15-36-19-9-7-18(8-10-19)30(33)34/h3-14H,15-16H2,1-2H3,(H,29,31)/b28-17+. The minimum atomic E-state index is -0.582. The number of furan rings is 2. The number of nitrogens with one attached hydrogen (secondary N) is 1. The van der Waals surface area contributed by atoms with E-state index >= 15 is 0 Å². The first-order chi connectivity index (χ1) is 18.8. The maximum Gasteiger partial charge on any atom is 0.373 e. The highest BCUT2D eigenvalue weighted by molar-refractivity contribution is 6.02. The Morgan fingerprint density at radius 2 is 1.54 bits per heavy atom. The van der Waals surface area contributed by atoms with Gasteiger partial charge < -0.3 is 23.0 Å². The number of methoxy groups -OCH3 is 1. The molecule has 12 heteroatoms. The second kappa shape index (κ2) is 12.2. The molecule has 1 amide bonds. The lowest BCUT2D eigenvalue weighted by Gasteiger charge is -2.10. The molecule has 2 aromatic carbocycles. The Morgan fingerprint density at radius 3 is 2.23 bits per heavy atom. The molecule has 0 aliphatic heterocycles. The number of hydrogen-bond acceptors (Lipinski definition) is 10. The molecular weight excluding hydrogens is 510 g/mol. The Kier molecular flexibility index (Phi) is 8.36. The molecule has 0 aliphatic carbocycles. The van der Waals surface area contributed by atoms with Crippen molar-refractivity contribution in [3.63, 3.8) is 0 Å². The Morgan fingerprint density at radius 1 is 0.897 bits per heavy atom. The summed E-state index contributed by atoms with van der Waals surface area (Å²) in [6.45, 7) is 1.79. The number of nitrogens with zero attached hydrogens (tertiary/aromatic N) is 2. The molecule has 0 saturated heterocycles. The summed E-state index contributed by atoms with van der Waals surface area (Å²) >= 11 is 0. The molecule has 0 fully saturated rings. The molecule has 4 aromatic rings. The Bertz CT molecular complexity index is 1500. The lowest BCUT2D eigenvalue weighted by Crippen LogP contribution is -2.19. The van der Waals surface area contributed by atoms with Crippen LogP contribution in [0, 0.1) is 10.1 Å². The van der Waals surface area contributed by atoms with Gasteiger partial charge in [0, 0.05) is 17.7 Å². The smallest absolute Gasteiger partial charge is 0.373 e.